The van der Waals surface area contributed by atoms with E-state index in [4.69, 9.17) is 9.97 Å². The van der Waals surface area contributed by atoms with Crippen molar-refractivity contribution in [1.82, 2.24) is 9.97 Å². The maximum absolute atomic E-state index is 5.14. The predicted molar refractivity (Wildman–Crippen MR) is 195 cm³/mol. The third kappa shape index (κ3) is 3.64. The molecule has 0 atom stereocenters. The second kappa shape index (κ2) is 9.82. The quantitative estimate of drug-likeness (QED) is 0.149. The maximum atomic E-state index is 5.14. The number of aryl methyl sites for hydroxylation is 1. The Kier molecular flexibility index (Phi) is 5.44. The highest BCUT2D eigenvalue weighted by molar-refractivity contribution is 6.28. The number of hydrogen-bond donors (Lipinski definition) is 0. The second-order valence-electron chi connectivity index (χ2n) is 12.4. The molecule has 0 saturated heterocycles. The lowest BCUT2D eigenvalue weighted by molar-refractivity contribution is 0.939. The van der Waals surface area contributed by atoms with Crippen molar-refractivity contribution in [3.8, 4) is 22.3 Å². The first-order valence-corrected chi connectivity index (χ1v) is 16.1. The van der Waals surface area contributed by atoms with Crippen molar-refractivity contribution in [3.63, 3.8) is 0 Å². The van der Waals surface area contributed by atoms with Gasteiger partial charge in [0.1, 0.15) is 0 Å². The van der Waals surface area contributed by atoms with E-state index in [1.165, 1.54) is 82.0 Å². The van der Waals surface area contributed by atoms with Gasteiger partial charge in [-0.15, -0.1) is 0 Å². The van der Waals surface area contributed by atoms with Gasteiger partial charge >= 0.3 is 0 Å². The summed E-state index contributed by atoms with van der Waals surface area (Å²) >= 11 is 0. The third-order valence-electron chi connectivity index (χ3n) is 9.83. The summed E-state index contributed by atoms with van der Waals surface area (Å²) in [6, 6.07) is 48.5. The summed E-state index contributed by atoms with van der Waals surface area (Å²) < 4.78 is 0. The van der Waals surface area contributed by atoms with Crippen LogP contribution in [0.1, 0.15) is 17.7 Å². The first-order valence-electron chi connectivity index (χ1n) is 16.1. The monoisotopic (exact) mass is 584 g/mol. The lowest BCUT2D eigenvalue weighted by Crippen LogP contribution is -2.02. The van der Waals surface area contributed by atoms with Crippen molar-refractivity contribution in [2.75, 3.05) is 0 Å². The number of pyridine rings is 2. The van der Waals surface area contributed by atoms with E-state index in [0.29, 0.717) is 0 Å². The number of benzene rings is 7. The van der Waals surface area contributed by atoms with Crippen LogP contribution in [0.3, 0.4) is 0 Å². The first kappa shape index (κ1) is 25.5. The van der Waals surface area contributed by atoms with Gasteiger partial charge in [0, 0.05) is 38.5 Å². The minimum absolute atomic E-state index is 0.964. The van der Waals surface area contributed by atoms with Crippen LogP contribution >= 0.6 is 0 Å². The summed E-state index contributed by atoms with van der Waals surface area (Å²) in [6.07, 6.45) is 6.59. The number of rotatable bonds is 2. The van der Waals surface area contributed by atoms with Crippen molar-refractivity contribution < 1.29 is 0 Å². The molecule has 0 N–H and O–H groups in total. The topological polar surface area (TPSA) is 25.8 Å². The third-order valence-corrected chi connectivity index (χ3v) is 9.83. The molecule has 0 fully saturated rings. The van der Waals surface area contributed by atoms with E-state index < -0.39 is 0 Å². The van der Waals surface area contributed by atoms with Crippen LogP contribution in [0.5, 0.6) is 0 Å². The smallest absolute Gasteiger partial charge is 0.0715 e. The van der Waals surface area contributed by atoms with E-state index in [1.807, 2.05) is 0 Å². The highest BCUT2D eigenvalue weighted by Crippen LogP contribution is 2.46. The number of fused-ring (bicyclic) bond motifs is 9. The Bertz CT molecular complexity index is 2700. The number of para-hydroxylation sites is 3. The summed E-state index contributed by atoms with van der Waals surface area (Å²) in [6.45, 7) is 0. The average Bonchev–Trinajstić information content (AvgIpc) is 3.12. The Labute approximate surface area is 266 Å². The minimum Gasteiger partial charge on any atom is -0.252 e. The van der Waals surface area contributed by atoms with Gasteiger partial charge in [0.25, 0.3) is 0 Å². The van der Waals surface area contributed by atoms with Gasteiger partial charge in [-0.1, -0.05) is 115 Å². The van der Waals surface area contributed by atoms with E-state index in [1.54, 1.807) is 0 Å². The van der Waals surface area contributed by atoms with E-state index in [0.717, 1.165) is 29.4 Å². The fraction of sp³-hybridized carbons (Fsp3) is 0.0455. The SMILES string of the molecule is C1=Cc2c(nc3ccccc3c2-c2cc3cc(-c4c5ccccc5nc5ccccc45)c4ccccc4c3c3ccccc23)CC1. The second-order valence-corrected chi connectivity index (χ2v) is 12.4. The highest BCUT2D eigenvalue weighted by Gasteiger charge is 2.21. The standard InChI is InChI=1S/C44H28N2/c1-3-15-30-28(13-1)36(43-32-17-5-9-21-38(32)45-39-22-10-6-18-33(39)43)25-27-26-37(29-14-2-4-16-31(29)42(27)30)44-34-19-7-11-23-40(34)46-41-24-12-8-20-35(41)44/h1-11,13-23,25-26H,12,24H2. The van der Waals surface area contributed by atoms with Gasteiger partial charge in [0.15, 0.2) is 0 Å². The number of nitrogens with zero attached hydrogens (tertiary/aromatic N) is 2. The molecule has 10 rings (SSSR count). The van der Waals surface area contributed by atoms with Crippen molar-refractivity contribution in [2.24, 2.45) is 0 Å². The lowest BCUT2D eigenvalue weighted by atomic mass is 9.84. The van der Waals surface area contributed by atoms with Gasteiger partial charge < -0.3 is 0 Å². The summed E-state index contributed by atoms with van der Waals surface area (Å²) in [5.41, 5.74) is 10.5. The van der Waals surface area contributed by atoms with E-state index >= 15 is 0 Å². The average molecular weight is 585 g/mol. The molecule has 0 radical (unpaired) electrons. The number of aromatic nitrogens is 2. The van der Waals surface area contributed by atoms with Gasteiger partial charge in [-0.2, -0.15) is 0 Å². The molecule has 0 amide bonds. The van der Waals surface area contributed by atoms with Gasteiger partial charge in [-0.25, -0.2) is 4.98 Å². The molecule has 2 aromatic heterocycles. The van der Waals surface area contributed by atoms with Gasteiger partial charge in [-0.05, 0) is 86.6 Å². The molecule has 214 valence electrons. The molecule has 2 heteroatoms. The fourth-order valence-electron chi connectivity index (χ4n) is 7.88. The molecule has 0 aliphatic heterocycles. The van der Waals surface area contributed by atoms with Crippen LogP contribution in [-0.2, 0) is 6.42 Å². The molecular weight excluding hydrogens is 556 g/mol. The Balaban J connectivity index is 1.41. The molecule has 0 saturated carbocycles. The van der Waals surface area contributed by atoms with Crippen molar-refractivity contribution in [2.45, 2.75) is 12.8 Å². The largest absolute Gasteiger partial charge is 0.252 e. The molecule has 1 aliphatic rings. The molecular formula is C44H28N2. The molecule has 0 unspecified atom stereocenters. The molecule has 9 aromatic rings. The van der Waals surface area contributed by atoms with Crippen LogP contribution in [0.2, 0.25) is 0 Å². The highest BCUT2D eigenvalue weighted by atomic mass is 14.7. The van der Waals surface area contributed by atoms with Crippen molar-refractivity contribution in [3.05, 3.63) is 151 Å². The van der Waals surface area contributed by atoms with Crippen LogP contribution in [0.25, 0.3) is 93.4 Å². The van der Waals surface area contributed by atoms with Gasteiger partial charge in [0.2, 0.25) is 0 Å². The maximum Gasteiger partial charge on any atom is 0.0715 e. The number of allylic oxidation sites excluding steroid dienone is 1. The van der Waals surface area contributed by atoms with Crippen LogP contribution in [-0.4, -0.2) is 9.97 Å². The van der Waals surface area contributed by atoms with E-state index in [2.05, 4.69) is 146 Å². The summed E-state index contributed by atoms with van der Waals surface area (Å²) in [5, 5.41) is 11.1. The lowest BCUT2D eigenvalue weighted by Gasteiger charge is -2.21. The zero-order valence-corrected chi connectivity index (χ0v) is 25.2. The van der Waals surface area contributed by atoms with Gasteiger partial charge in [-0.3, -0.25) is 4.98 Å². The molecule has 2 heterocycles. The van der Waals surface area contributed by atoms with E-state index in [-0.39, 0.29) is 0 Å². The Morgan fingerprint density at radius 1 is 0.435 bits per heavy atom. The van der Waals surface area contributed by atoms with E-state index in [9.17, 15) is 0 Å². The zero-order chi connectivity index (χ0) is 30.2. The Hall–Kier alpha value is -5.86. The fourth-order valence-corrected chi connectivity index (χ4v) is 7.88. The minimum atomic E-state index is 0.964. The Morgan fingerprint density at radius 3 is 1.48 bits per heavy atom. The zero-order valence-electron chi connectivity index (χ0n) is 25.2. The Morgan fingerprint density at radius 2 is 0.891 bits per heavy atom. The molecule has 1 aliphatic carbocycles. The molecule has 7 aromatic carbocycles. The summed E-state index contributed by atoms with van der Waals surface area (Å²) in [5.74, 6) is 0. The van der Waals surface area contributed by atoms with Crippen LogP contribution in [0.15, 0.2) is 140 Å². The van der Waals surface area contributed by atoms with Crippen LogP contribution in [0.4, 0.5) is 0 Å². The van der Waals surface area contributed by atoms with Crippen molar-refractivity contribution in [1.29, 1.82) is 0 Å². The number of hydrogen-bond acceptors (Lipinski definition) is 2. The summed E-state index contributed by atoms with van der Waals surface area (Å²) in [4.78, 5) is 10.2. The van der Waals surface area contributed by atoms with Gasteiger partial charge in [0.05, 0.1) is 16.6 Å². The van der Waals surface area contributed by atoms with Crippen LogP contribution in [0, 0.1) is 0 Å². The normalized spacial score (nSPS) is 13.0. The predicted octanol–water partition coefficient (Wildman–Crippen LogP) is 11.7. The van der Waals surface area contributed by atoms with Crippen molar-refractivity contribution >= 4 is 71.1 Å². The molecule has 2 nitrogen and oxygen atoms in total. The molecule has 46 heavy (non-hydrogen) atoms. The van der Waals surface area contributed by atoms with Crippen LogP contribution < -0.4 is 0 Å². The molecule has 0 bridgehead atoms. The first-order chi connectivity index (χ1) is 22.8. The molecule has 0 spiro atoms. The summed E-state index contributed by atoms with van der Waals surface area (Å²) in [7, 11) is 0.